The van der Waals surface area contributed by atoms with Gasteiger partial charge in [0.05, 0.1) is 16.5 Å². The first-order valence-electron chi connectivity index (χ1n) is 9.17. The summed E-state index contributed by atoms with van der Waals surface area (Å²) in [6.45, 7) is 2.94. The van der Waals surface area contributed by atoms with Gasteiger partial charge in [-0.3, -0.25) is 5.43 Å². The second-order valence-corrected chi connectivity index (χ2v) is 6.64. The fourth-order valence-corrected chi connectivity index (χ4v) is 3.68. The maximum Gasteiger partial charge on any atom is 0.220 e. The van der Waals surface area contributed by atoms with Crippen LogP contribution in [0.4, 0.5) is 11.4 Å². The number of nitrogen functional groups attached to an aromatic ring is 1. The van der Waals surface area contributed by atoms with Gasteiger partial charge in [0.1, 0.15) is 6.54 Å². The topological polar surface area (TPSA) is 106 Å². The molecule has 6 heteroatoms. The molecule has 0 bridgehead atoms. The summed E-state index contributed by atoms with van der Waals surface area (Å²) < 4.78 is 2.30. The summed E-state index contributed by atoms with van der Waals surface area (Å²) in [6.07, 6.45) is 0. The third-order valence-electron chi connectivity index (χ3n) is 4.82. The molecule has 1 heterocycles. The molecule has 1 aromatic heterocycles. The molecule has 0 atom stereocenters. The Kier molecular flexibility index (Phi) is 4.45. The van der Waals surface area contributed by atoms with Gasteiger partial charge < -0.3 is 17.2 Å². The Morgan fingerprint density at radius 2 is 1.68 bits per heavy atom. The minimum Gasteiger partial charge on any atom is -0.399 e. The normalized spacial score (nSPS) is 10.9. The fourth-order valence-electron chi connectivity index (χ4n) is 3.68. The molecule has 6 nitrogen and oxygen atoms in total. The SMILES string of the molecule is CC[n+]1c(-c2ccccc2)c2cc(N)ccc2c2ccc(NN=C(N)N)cc21. The third-order valence-corrected chi connectivity index (χ3v) is 4.82. The van der Waals surface area contributed by atoms with Crippen LogP contribution >= 0.6 is 0 Å². The highest BCUT2D eigenvalue weighted by Gasteiger charge is 2.22. The van der Waals surface area contributed by atoms with Crippen molar-refractivity contribution in [3.8, 4) is 11.3 Å². The molecule has 7 N–H and O–H groups in total. The zero-order chi connectivity index (χ0) is 19.7. The highest BCUT2D eigenvalue weighted by Crippen LogP contribution is 2.33. The third kappa shape index (κ3) is 3.05. The molecular formula is C22H23N6+. The molecule has 0 aliphatic carbocycles. The van der Waals surface area contributed by atoms with Crippen LogP contribution in [-0.2, 0) is 6.54 Å². The molecular weight excluding hydrogens is 348 g/mol. The summed E-state index contributed by atoms with van der Waals surface area (Å²) in [5.41, 5.74) is 24.9. The standard InChI is InChI=1S/C22H22N6/c1-2-28-20-13-16(26-27-22(24)25)9-11-18(20)17-10-8-15(23)12-19(17)21(28)14-6-4-3-5-7-14/h3-13H,2,23H2,1H3,(H4,24,25,27)/p+1. The molecule has 0 spiro atoms. The van der Waals surface area contributed by atoms with Crippen LogP contribution in [0.15, 0.2) is 71.8 Å². The second-order valence-electron chi connectivity index (χ2n) is 6.64. The molecule has 0 aliphatic rings. The van der Waals surface area contributed by atoms with Gasteiger partial charge in [-0.1, -0.05) is 24.3 Å². The Labute approximate surface area is 163 Å². The average Bonchev–Trinajstić information content (AvgIpc) is 2.71. The van der Waals surface area contributed by atoms with E-state index in [0.29, 0.717) is 0 Å². The molecule has 0 amide bonds. The summed E-state index contributed by atoms with van der Waals surface area (Å²) in [4.78, 5) is 0. The Morgan fingerprint density at radius 3 is 2.39 bits per heavy atom. The van der Waals surface area contributed by atoms with Crippen LogP contribution in [0.2, 0.25) is 0 Å². The Bertz CT molecular complexity index is 1190. The highest BCUT2D eigenvalue weighted by atomic mass is 15.3. The molecule has 0 fully saturated rings. The Balaban J connectivity index is 2.11. The summed E-state index contributed by atoms with van der Waals surface area (Å²) in [6, 6.07) is 22.6. The Morgan fingerprint density at radius 1 is 0.929 bits per heavy atom. The maximum atomic E-state index is 6.14. The number of fused-ring (bicyclic) bond motifs is 3. The van der Waals surface area contributed by atoms with E-state index in [1.165, 1.54) is 0 Å². The molecule has 0 unspecified atom stereocenters. The lowest BCUT2D eigenvalue weighted by Crippen LogP contribution is -2.36. The van der Waals surface area contributed by atoms with Crippen LogP contribution in [0.1, 0.15) is 6.92 Å². The zero-order valence-electron chi connectivity index (χ0n) is 15.7. The van der Waals surface area contributed by atoms with E-state index in [4.69, 9.17) is 17.2 Å². The van der Waals surface area contributed by atoms with Crippen molar-refractivity contribution in [3.05, 3.63) is 66.7 Å². The van der Waals surface area contributed by atoms with Gasteiger partial charge in [-0.05, 0) is 43.3 Å². The number of hydrogen-bond acceptors (Lipinski definition) is 3. The monoisotopic (exact) mass is 371 g/mol. The average molecular weight is 371 g/mol. The lowest BCUT2D eigenvalue weighted by Gasteiger charge is -2.12. The number of nitrogens with one attached hydrogen (secondary N) is 1. The lowest BCUT2D eigenvalue weighted by molar-refractivity contribution is -0.655. The maximum absolute atomic E-state index is 6.14. The summed E-state index contributed by atoms with van der Waals surface area (Å²) in [7, 11) is 0. The van der Waals surface area contributed by atoms with Crippen LogP contribution < -0.4 is 27.2 Å². The van der Waals surface area contributed by atoms with Crippen molar-refractivity contribution >= 4 is 39.0 Å². The first-order valence-corrected chi connectivity index (χ1v) is 9.17. The first-order chi connectivity index (χ1) is 13.6. The molecule has 3 aromatic carbocycles. The molecule has 28 heavy (non-hydrogen) atoms. The van der Waals surface area contributed by atoms with Gasteiger partial charge in [0.2, 0.25) is 17.2 Å². The van der Waals surface area contributed by atoms with Gasteiger partial charge in [-0.15, -0.1) is 5.10 Å². The quantitative estimate of drug-likeness (QED) is 0.110. The van der Waals surface area contributed by atoms with Crippen molar-refractivity contribution in [1.82, 2.24) is 0 Å². The van der Waals surface area contributed by atoms with Crippen LogP contribution in [0.5, 0.6) is 0 Å². The molecule has 4 rings (SSSR count). The molecule has 140 valence electrons. The largest absolute Gasteiger partial charge is 0.399 e. The summed E-state index contributed by atoms with van der Waals surface area (Å²) >= 11 is 0. The second kappa shape index (κ2) is 7.08. The molecule has 4 aromatic rings. The lowest BCUT2D eigenvalue weighted by atomic mass is 9.98. The number of guanidine groups is 1. The minimum atomic E-state index is -0.0116. The predicted octanol–water partition coefficient (Wildman–Crippen LogP) is 3.15. The van der Waals surface area contributed by atoms with E-state index in [2.05, 4.69) is 58.4 Å². The van der Waals surface area contributed by atoms with E-state index in [1.54, 1.807) is 0 Å². The van der Waals surface area contributed by atoms with E-state index in [1.807, 2.05) is 30.3 Å². The van der Waals surface area contributed by atoms with E-state index in [9.17, 15) is 0 Å². The van der Waals surface area contributed by atoms with Crippen LogP contribution in [-0.4, -0.2) is 5.96 Å². The molecule has 0 radical (unpaired) electrons. The number of aromatic nitrogens is 1. The first kappa shape index (κ1) is 17.6. The van der Waals surface area contributed by atoms with Gasteiger partial charge in [-0.2, -0.15) is 4.57 Å². The van der Waals surface area contributed by atoms with E-state index < -0.39 is 0 Å². The molecule has 0 aliphatic heterocycles. The van der Waals surface area contributed by atoms with Crippen molar-refractivity contribution in [2.75, 3.05) is 11.2 Å². The number of nitrogens with two attached hydrogens (primary N) is 3. The van der Waals surface area contributed by atoms with E-state index in [-0.39, 0.29) is 5.96 Å². The van der Waals surface area contributed by atoms with Gasteiger partial charge in [-0.25, -0.2) is 0 Å². The van der Waals surface area contributed by atoms with Gasteiger partial charge >= 0.3 is 0 Å². The number of benzene rings is 3. The van der Waals surface area contributed by atoms with Crippen molar-refractivity contribution in [3.63, 3.8) is 0 Å². The van der Waals surface area contributed by atoms with Gasteiger partial charge in [0.15, 0.2) is 0 Å². The van der Waals surface area contributed by atoms with E-state index in [0.717, 1.165) is 50.9 Å². The van der Waals surface area contributed by atoms with Crippen LogP contribution in [0.25, 0.3) is 32.9 Å². The van der Waals surface area contributed by atoms with Gasteiger partial charge in [0.25, 0.3) is 0 Å². The van der Waals surface area contributed by atoms with Gasteiger partial charge in [0, 0.05) is 22.7 Å². The Hall–Kier alpha value is -3.80. The number of rotatable bonds is 4. The predicted molar refractivity (Wildman–Crippen MR) is 117 cm³/mol. The number of hydrogen-bond donors (Lipinski definition) is 4. The van der Waals surface area contributed by atoms with Crippen molar-refractivity contribution in [2.24, 2.45) is 16.6 Å². The zero-order valence-corrected chi connectivity index (χ0v) is 15.7. The fraction of sp³-hybridized carbons (Fsp3) is 0.0909. The number of pyridine rings is 1. The molecule has 0 saturated heterocycles. The highest BCUT2D eigenvalue weighted by molar-refractivity contribution is 6.10. The van der Waals surface area contributed by atoms with Crippen molar-refractivity contribution in [2.45, 2.75) is 13.5 Å². The van der Waals surface area contributed by atoms with Crippen molar-refractivity contribution < 1.29 is 4.57 Å². The number of anilines is 2. The number of hydrazone groups is 1. The smallest absolute Gasteiger partial charge is 0.220 e. The summed E-state index contributed by atoms with van der Waals surface area (Å²) in [5, 5.41) is 7.34. The van der Waals surface area contributed by atoms with E-state index >= 15 is 0 Å². The minimum absolute atomic E-state index is 0.0116. The molecule has 0 saturated carbocycles. The summed E-state index contributed by atoms with van der Waals surface area (Å²) in [5.74, 6) is -0.0116. The van der Waals surface area contributed by atoms with Crippen LogP contribution in [0, 0.1) is 0 Å². The van der Waals surface area contributed by atoms with Crippen molar-refractivity contribution in [1.29, 1.82) is 0 Å². The van der Waals surface area contributed by atoms with Crippen LogP contribution in [0.3, 0.4) is 0 Å². The number of aryl methyl sites for hydroxylation is 1. The number of nitrogens with zero attached hydrogens (tertiary/aromatic N) is 2.